The molecule has 1 aromatic rings. The monoisotopic (exact) mass is 304 g/mol. The number of carbonyl (C=O) groups is 1. The number of halogens is 2. The van der Waals surface area contributed by atoms with E-state index in [1.54, 1.807) is 6.07 Å². The molecule has 0 spiro atoms. The average molecular weight is 305 g/mol. The van der Waals surface area contributed by atoms with Crippen LogP contribution in [-0.2, 0) is 0 Å². The highest BCUT2D eigenvalue weighted by Crippen LogP contribution is 2.15. The van der Waals surface area contributed by atoms with Gasteiger partial charge in [-0.05, 0) is 25.1 Å². The van der Waals surface area contributed by atoms with Gasteiger partial charge in [-0.1, -0.05) is 15.9 Å². The second-order valence-electron chi connectivity index (χ2n) is 3.74. The molecule has 0 aliphatic carbocycles. The Morgan fingerprint density at radius 2 is 2.29 bits per heavy atom. The molecule has 1 aromatic carbocycles. The van der Waals surface area contributed by atoms with E-state index in [0.717, 1.165) is 0 Å². The van der Waals surface area contributed by atoms with Gasteiger partial charge in [-0.2, -0.15) is 0 Å². The van der Waals surface area contributed by atoms with Crippen molar-refractivity contribution in [1.29, 1.82) is 0 Å². The summed E-state index contributed by atoms with van der Waals surface area (Å²) in [6.07, 6.45) is -0.731. The Kier molecular flexibility index (Phi) is 5.04. The second-order valence-corrected chi connectivity index (χ2v) is 4.65. The minimum atomic E-state index is -0.731. The quantitative estimate of drug-likeness (QED) is 0.777. The maximum absolute atomic E-state index is 13.4. The van der Waals surface area contributed by atoms with Gasteiger partial charge in [0.2, 0.25) is 0 Å². The molecular formula is C11H14BrFN2O2. The summed E-state index contributed by atoms with van der Waals surface area (Å²) in [6.45, 7) is 1.61. The van der Waals surface area contributed by atoms with E-state index in [9.17, 15) is 9.18 Å². The molecule has 17 heavy (non-hydrogen) atoms. The summed E-state index contributed by atoms with van der Waals surface area (Å²) in [5.74, 6) is -1.16. The van der Waals surface area contributed by atoms with Crippen molar-refractivity contribution in [1.82, 2.24) is 5.32 Å². The molecule has 1 rings (SSSR count). The van der Waals surface area contributed by atoms with Crippen molar-refractivity contribution in [3.63, 3.8) is 0 Å². The minimum Gasteiger partial charge on any atom is -0.392 e. The summed E-state index contributed by atoms with van der Waals surface area (Å²) in [5, 5.41) is 11.6. The van der Waals surface area contributed by atoms with Crippen molar-refractivity contribution >= 4 is 21.8 Å². The number of nitrogens with one attached hydrogen (secondary N) is 1. The average Bonchev–Trinajstić information content (AvgIpc) is 2.25. The number of benzene rings is 1. The van der Waals surface area contributed by atoms with E-state index in [2.05, 4.69) is 21.2 Å². The van der Waals surface area contributed by atoms with Crippen LogP contribution in [0.4, 0.5) is 4.39 Å². The smallest absolute Gasteiger partial charge is 0.254 e. The van der Waals surface area contributed by atoms with Crippen molar-refractivity contribution in [3.8, 4) is 0 Å². The van der Waals surface area contributed by atoms with Crippen LogP contribution in [0.15, 0.2) is 22.7 Å². The molecule has 2 atom stereocenters. The first-order valence-corrected chi connectivity index (χ1v) is 5.88. The van der Waals surface area contributed by atoms with E-state index >= 15 is 0 Å². The fourth-order valence-electron chi connectivity index (χ4n) is 1.15. The Morgan fingerprint density at radius 1 is 1.65 bits per heavy atom. The van der Waals surface area contributed by atoms with Gasteiger partial charge in [0.1, 0.15) is 5.82 Å². The molecule has 0 aromatic heterocycles. The van der Waals surface area contributed by atoms with Gasteiger partial charge in [0.05, 0.1) is 11.7 Å². The van der Waals surface area contributed by atoms with Crippen LogP contribution in [0, 0.1) is 5.82 Å². The summed E-state index contributed by atoms with van der Waals surface area (Å²) in [4.78, 5) is 11.6. The first-order valence-electron chi connectivity index (χ1n) is 5.08. The van der Waals surface area contributed by atoms with Crippen LogP contribution in [0.2, 0.25) is 0 Å². The van der Waals surface area contributed by atoms with Gasteiger partial charge in [0.25, 0.3) is 5.91 Å². The van der Waals surface area contributed by atoms with Crippen LogP contribution in [-0.4, -0.2) is 29.7 Å². The highest BCUT2D eigenvalue weighted by Gasteiger charge is 2.14. The number of amides is 1. The highest BCUT2D eigenvalue weighted by atomic mass is 79.9. The lowest BCUT2D eigenvalue weighted by Crippen LogP contribution is -2.43. The molecule has 0 aliphatic heterocycles. The Hall–Kier alpha value is -0.980. The zero-order valence-corrected chi connectivity index (χ0v) is 10.9. The predicted molar refractivity (Wildman–Crippen MR) is 66.1 cm³/mol. The van der Waals surface area contributed by atoms with Gasteiger partial charge in [0.15, 0.2) is 0 Å². The molecule has 0 aliphatic rings. The number of aliphatic hydroxyl groups excluding tert-OH is 1. The molecule has 2 unspecified atom stereocenters. The number of carbonyl (C=O) groups excluding carboxylic acids is 1. The summed E-state index contributed by atoms with van der Waals surface area (Å²) >= 11 is 3.10. The molecule has 1 amide bonds. The minimum absolute atomic E-state index is 0.0500. The van der Waals surface area contributed by atoms with Crippen molar-refractivity contribution in [2.24, 2.45) is 5.73 Å². The summed E-state index contributed by atoms with van der Waals surface area (Å²) in [7, 11) is 0. The van der Waals surface area contributed by atoms with Crippen LogP contribution >= 0.6 is 15.9 Å². The van der Waals surface area contributed by atoms with E-state index in [1.807, 2.05) is 0 Å². The Morgan fingerprint density at radius 3 is 2.82 bits per heavy atom. The molecule has 0 saturated carbocycles. The SMILES string of the molecule is CC(O)C(N)CNC(=O)c1ccc(Br)cc1F. The van der Waals surface area contributed by atoms with E-state index in [-0.39, 0.29) is 12.1 Å². The molecule has 0 bridgehead atoms. The molecule has 4 N–H and O–H groups in total. The third-order valence-corrected chi connectivity index (χ3v) is 2.79. The number of nitrogens with two attached hydrogens (primary N) is 1. The van der Waals surface area contributed by atoms with Crippen molar-refractivity contribution in [2.45, 2.75) is 19.1 Å². The lowest BCUT2D eigenvalue weighted by atomic mass is 10.1. The third-order valence-electron chi connectivity index (χ3n) is 2.29. The van der Waals surface area contributed by atoms with Crippen LogP contribution in [0.25, 0.3) is 0 Å². The van der Waals surface area contributed by atoms with Gasteiger partial charge >= 0.3 is 0 Å². The van der Waals surface area contributed by atoms with Gasteiger partial charge in [-0.15, -0.1) is 0 Å². The van der Waals surface area contributed by atoms with E-state index in [1.165, 1.54) is 19.1 Å². The van der Waals surface area contributed by atoms with Crippen LogP contribution in [0.5, 0.6) is 0 Å². The van der Waals surface area contributed by atoms with Crippen molar-refractivity contribution in [2.75, 3.05) is 6.54 Å². The molecule has 0 fully saturated rings. The van der Waals surface area contributed by atoms with Gasteiger partial charge in [0, 0.05) is 17.1 Å². The Bertz CT molecular complexity index is 412. The first-order chi connectivity index (χ1) is 7.91. The predicted octanol–water partition coefficient (Wildman–Crippen LogP) is 1.03. The number of hydrogen-bond donors (Lipinski definition) is 3. The van der Waals surface area contributed by atoms with E-state index in [0.29, 0.717) is 4.47 Å². The molecule has 4 nitrogen and oxygen atoms in total. The maximum Gasteiger partial charge on any atom is 0.254 e. The third kappa shape index (κ3) is 4.07. The van der Waals surface area contributed by atoms with E-state index < -0.39 is 23.9 Å². The largest absolute Gasteiger partial charge is 0.392 e. The zero-order valence-electron chi connectivity index (χ0n) is 9.28. The topological polar surface area (TPSA) is 75.3 Å². The molecule has 94 valence electrons. The molecule has 0 radical (unpaired) electrons. The fraction of sp³-hybridized carbons (Fsp3) is 0.364. The number of aliphatic hydroxyl groups is 1. The molecular weight excluding hydrogens is 291 g/mol. The molecule has 0 heterocycles. The highest BCUT2D eigenvalue weighted by molar-refractivity contribution is 9.10. The van der Waals surface area contributed by atoms with Gasteiger partial charge in [-0.25, -0.2) is 4.39 Å². The standard InChI is InChI=1S/C11H14BrFN2O2/c1-6(16)10(14)5-15-11(17)8-3-2-7(12)4-9(8)13/h2-4,6,10,16H,5,14H2,1H3,(H,15,17). The molecule has 6 heteroatoms. The van der Waals surface area contributed by atoms with Gasteiger partial charge < -0.3 is 16.2 Å². The number of rotatable bonds is 4. The lowest BCUT2D eigenvalue weighted by molar-refractivity contribution is 0.0933. The second kappa shape index (κ2) is 6.09. The van der Waals surface area contributed by atoms with Crippen molar-refractivity contribution < 1.29 is 14.3 Å². The van der Waals surface area contributed by atoms with Crippen molar-refractivity contribution in [3.05, 3.63) is 34.1 Å². The number of hydrogen-bond acceptors (Lipinski definition) is 3. The summed E-state index contributed by atoms with van der Waals surface area (Å²) in [5.41, 5.74) is 5.49. The van der Waals surface area contributed by atoms with Crippen LogP contribution in [0.1, 0.15) is 17.3 Å². The van der Waals surface area contributed by atoms with Crippen LogP contribution in [0.3, 0.4) is 0 Å². The first kappa shape index (κ1) is 14.1. The maximum atomic E-state index is 13.4. The van der Waals surface area contributed by atoms with Gasteiger partial charge in [-0.3, -0.25) is 4.79 Å². The Labute approximate surface area is 107 Å². The normalized spacial score (nSPS) is 14.2. The fourth-order valence-corrected chi connectivity index (χ4v) is 1.48. The Balaban J connectivity index is 2.64. The summed E-state index contributed by atoms with van der Waals surface area (Å²) in [6, 6.07) is 3.59. The zero-order chi connectivity index (χ0) is 13.0. The lowest BCUT2D eigenvalue weighted by Gasteiger charge is -2.15. The molecule has 0 saturated heterocycles. The van der Waals surface area contributed by atoms with Crippen LogP contribution < -0.4 is 11.1 Å². The summed E-state index contributed by atoms with van der Waals surface area (Å²) < 4.78 is 14.0. The van der Waals surface area contributed by atoms with E-state index in [4.69, 9.17) is 10.8 Å².